The molecule has 4 heteroatoms. The van der Waals surface area contributed by atoms with Crippen molar-refractivity contribution in [2.24, 2.45) is 5.73 Å². The molecular weight excluding hydrogens is 256 g/mol. The van der Waals surface area contributed by atoms with Gasteiger partial charge in [0.2, 0.25) is 5.91 Å². The zero-order valence-corrected chi connectivity index (χ0v) is 13.0. The molecule has 1 aromatic carbocycles. The molecular formula is C15H24N2OS. The minimum atomic E-state index is -0.0878. The van der Waals surface area contributed by atoms with Gasteiger partial charge in [0.05, 0.1) is 5.25 Å². The van der Waals surface area contributed by atoms with Gasteiger partial charge in [0.15, 0.2) is 0 Å². The van der Waals surface area contributed by atoms with Crippen LogP contribution in [0.25, 0.3) is 0 Å². The maximum Gasteiger partial charge on any atom is 0.233 e. The topological polar surface area (TPSA) is 55.1 Å². The maximum absolute atomic E-state index is 11.9. The fourth-order valence-electron chi connectivity index (χ4n) is 1.57. The third-order valence-corrected chi connectivity index (χ3v) is 4.20. The summed E-state index contributed by atoms with van der Waals surface area (Å²) >= 11 is 1.57. The molecule has 1 amide bonds. The van der Waals surface area contributed by atoms with Gasteiger partial charge in [0.1, 0.15) is 0 Å². The summed E-state index contributed by atoms with van der Waals surface area (Å²) in [6.07, 6.45) is 0.951. The molecule has 1 rings (SSSR count). The summed E-state index contributed by atoms with van der Waals surface area (Å²) in [6, 6.07) is 8.37. The molecule has 3 atom stereocenters. The van der Waals surface area contributed by atoms with Crippen LogP contribution in [0.4, 0.5) is 0 Å². The van der Waals surface area contributed by atoms with E-state index < -0.39 is 0 Å². The standard InChI is InChI=1S/C15H24N2OS/c1-5-10(2)17-15(18)12(4)19-14-8-6-13(7-9-14)11(3)16/h6-12H,5,16H2,1-4H3,(H,17,18). The normalized spacial score (nSPS) is 15.6. The lowest BCUT2D eigenvalue weighted by Gasteiger charge is -2.16. The molecule has 0 aliphatic carbocycles. The van der Waals surface area contributed by atoms with E-state index in [0.29, 0.717) is 0 Å². The summed E-state index contributed by atoms with van der Waals surface area (Å²) in [7, 11) is 0. The molecule has 3 nitrogen and oxygen atoms in total. The van der Waals surface area contributed by atoms with Crippen LogP contribution >= 0.6 is 11.8 Å². The Balaban J connectivity index is 2.56. The first-order valence-electron chi connectivity index (χ1n) is 6.76. The first-order chi connectivity index (χ1) is 8.93. The van der Waals surface area contributed by atoms with Gasteiger partial charge in [-0.2, -0.15) is 0 Å². The second kappa shape index (κ2) is 7.56. The summed E-state index contributed by atoms with van der Waals surface area (Å²) in [6.45, 7) is 7.98. The number of benzene rings is 1. The molecule has 106 valence electrons. The van der Waals surface area contributed by atoms with Crippen molar-refractivity contribution in [2.75, 3.05) is 0 Å². The van der Waals surface area contributed by atoms with Crippen molar-refractivity contribution >= 4 is 17.7 Å². The molecule has 1 aromatic rings. The van der Waals surface area contributed by atoms with E-state index in [1.807, 2.05) is 45.0 Å². The van der Waals surface area contributed by atoms with Crippen molar-refractivity contribution < 1.29 is 4.79 Å². The lowest BCUT2D eigenvalue weighted by molar-refractivity contribution is -0.120. The van der Waals surface area contributed by atoms with Crippen molar-refractivity contribution in [1.82, 2.24) is 5.32 Å². The van der Waals surface area contributed by atoms with E-state index in [0.717, 1.165) is 16.9 Å². The Kier molecular flexibility index (Phi) is 6.38. The second-order valence-corrected chi connectivity index (χ2v) is 6.35. The lowest BCUT2D eigenvalue weighted by Crippen LogP contribution is -2.37. The molecule has 3 unspecified atom stereocenters. The van der Waals surface area contributed by atoms with Gasteiger partial charge in [-0.25, -0.2) is 0 Å². The van der Waals surface area contributed by atoms with E-state index in [1.54, 1.807) is 11.8 Å². The third-order valence-electron chi connectivity index (χ3n) is 3.09. The van der Waals surface area contributed by atoms with E-state index in [2.05, 4.69) is 12.2 Å². The van der Waals surface area contributed by atoms with Gasteiger partial charge < -0.3 is 11.1 Å². The number of carbonyl (C=O) groups is 1. The Morgan fingerprint density at radius 2 is 1.84 bits per heavy atom. The number of amides is 1. The summed E-state index contributed by atoms with van der Waals surface area (Å²) in [5, 5.41) is 2.91. The molecule has 19 heavy (non-hydrogen) atoms. The predicted molar refractivity (Wildman–Crippen MR) is 82.3 cm³/mol. The van der Waals surface area contributed by atoms with Gasteiger partial charge in [0.25, 0.3) is 0 Å². The minimum Gasteiger partial charge on any atom is -0.353 e. The highest BCUT2D eigenvalue weighted by atomic mass is 32.2. The van der Waals surface area contributed by atoms with Crippen molar-refractivity contribution in [3.63, 3.8) is 0 Å². The van der Waals surface area contributed by atoms with Crippen molar-refractivity contribution in [3.8, 4) is 0 Å². The molecule has 0 aromatic heterocycles. The SMILES string of the molecule is CCC(C)NC(=O)C(C)Sc1ccc(C(C)N)cc1. The van der Waals surface area contributed by atoms with Gasteiger partial charge in [0, 0.05) is 17.0 Å². The number of nitrogens with one attached hydrogen (secondary N) is 1. The van der Waals surface area contributed by atoms with Gasteiger partial charge in [-0.15, -0.1) is 11.8 Å². The maximum atomic E-state index is 11.9. The van der Waals surface area contributed by atoms with E-state index in [4.69, 9.17) is 5.73 Å². The largest absolute Gasteiger partial charge is 0.353 e. The van der Waals surface area contributed by atoms with E-state index in [-0.39, 0.29) is 23.2 Å². The van der Waals surface area contributed by atoms with Crippen LogP contribution in [0, 0.1) is 0 Å². The Morgan fingerprint density at radius 3 is 2.32 bits per heavy atom. The Bertz CT molecular complexity index is 403. The van der Waals surface area contributed by atoms with E-state index in [9.17, 15) is 4.79 Å². The highest BCUT2D eigenvalue weighted by Crippen LogP contribution is 2.24. The number of nitrogens with two attached hydrogens (primary N) is 1. The molecule has 0 saturated heterocycles. The number of carbonyl (C=O) groups excluding carboxylic acids is 1. The van der Waals surface area contributed by atoms with Crippen LogP contribution in [-0.2, 0) is 4.79 Å². The number of rotatable bonds is 6. The molecule has 0 spiro atoms. The smallest absolute Gasteiger partial charge is 0.233 e. The molecule has 0 bridgehead atoms. The highest BCUT2D eigenvalue weighted by Gasteiger charge is 2.15. The summed E-state index contributed by atoms with van der Waals surface area (Å²) in [5.74, 6) is 0.0932. The van der Waals surface area contributed by atoms with Crippen LogP contribution < -0.4 is 11.1 Å². The zero-order chi connectivity index (χ0) is 14.4. The Morgan fingerprint density at radius 1 is 1.26 bits per heavy atom. The van der Waals surface area contributed by atoms with Gasteiger partial charge >= 0.3 is 0 Å². The van der Waals surface area contributed by atoms with E-state index >= 15 is 0 Å². The number of hydrogen-bond acceptors (Lipinski definition) is 3. The molecule has 0 radical (unpaired) electrons. The monoisotopic (exact) mass is 280 g/mol. The molecule has 3 N–H and O–H groups in total. The van der Waals surface area contributed by atoms with Gasteiger partial charge in [-0.1, -0.05) is 19.1 Å². The average Bonchev–Trinajstić information content (AvgIpc) is 2.38. The highest BCUT2D eigenvalue weighted by molar-refractivity contribution is 8.00. The summed E-state index contributed by atoms with van der Waals surface area (Å²) in [5.41, 5.74) is 6.92. The lowest BCUT2D eigenvalue weighted by atomic mass is 10.1. The van der Waals surface area contributed by atoms with Crippen molar-refractivity contribution in [3.05, 3.63) is 29.8 Å². The molecule has 0 fully saturated rings. The fourth-order valence-corrected chi connectivity index (χ4v) is 2.45. The second-order valence-electron chi connectivity index (χ2n) is 4.94. The fraction of sp³-hybridized carbons (Fsp3) is 0.533. The van der Waals surface area contributed by atoms with E-state index in [1.165, 1.54) is 0 Å². The molecule has 0 heterocycles. The molecule has 0 aliphatic heterocycles. The van der Waals surface area contributed by atoms with Crippen LogP contribution in [0.2, 0.25) is 0 Å². The van der Waals surface area contributed by atoms with Crippen molar-refractivity contribution in [1.29, 1.82) is 0 Å². The van der Waals surface area contributed by atoms with Crippen LogP contribution in [0.5, 0.6) is 0 Å². The minimum absolute atomic E-state index is 0.0465. The third kappa shape index (κ3) is 5.25. The van der Waals surface area contributed by atoms with Crippen LogP contribution in [-0.4, -0.2) is 17.2 Å². The Hall–Kier alpha value is -1.00. The van der Waals surface area contributed by atoms with Crippen molar-refractivity contribution in [2.45, 2.75) is 56.3 Å². The Labute approximate surface area is 120 Å². The zero-order valence-electron chi connectivity index (χ0n) is 12.1. The number of hydrogen-bond donors (Lipinski definition) is 2. The average molecular weight is 280 g/mol. The summed E-state index contributed by atoms with van der Waals surface area (Å²) in [4.78, 5) is 13.0. The van der Waals surface area contributed by atoms with Crippen LogP contribution in [0.3, 0.4) is 0 Å². The first kappa shape index (κ1) is 16.1. The quantitative estimate of drug-likeness (QED) is 0.787. The predicted octanol–water partition coefficient (Wildman–Crippen LogP) is 3.10. The van der Waals surface area contributed by atoms with Crippen LogP contribution in [0.15, 0.2) is 29.2 Å². The molecule has 0 aliphatic rings. The summed E-state index contributed by atoms with van der Waals surface area (Å²) < 4.78 is 0. The first-order valence-corrected chi connectivity index (χ1v) is 7.64. The van der Waals surface area contributed by atoms with Gasteiger partial charge in [-0.3, -0.25) is 4.79 Å². The van der Waals surface area contributed by atoms with Gasteiger partial charge in [-0.05, 0) is 44.9 Å². The number of thioether (sulfide) groups is 1. The van der Waals surface area contributed by atoms with Crippen LogP contribution in [0.1, 0.15) is 45.7 Å². The molecule has 0 saturated carbocycles.